The first-order valence-electron chi connectivity index (χ1n) is 8.75. The first-order valence-corrected chi connectivity index (χ1v) is 8.75. The van der Waals surface area contributed by atoms with E-state index in [-0.39, 0.29) is 0 Å². The van der Waals surface area contributed by atoms with E-state index in [1.54, 1.807) is 10.8 Å². The van der Waals surface area contributed by atoms with Gasteiger partial charge in [-0.3, -0.25) is 4.90 Å². The van der Waals surface area contributed by atoms with Crippen LogP contribution in [0, 0.1) is 0 Å². The lowest BCUT2D eigenvalue weighted by Gasteiger charge is -2.40. The van der Waals surface area contributed by atoms with E-state index in [9.17, 15) is 0 Å². The molecule has 1 unspecified atom stereocenters. The van der Waals surface area contributed by atoms with Crippen LogP contribution in [0.4, 0.5) is 5.82 Å². The molecule has 0 N–H and O–H groups in total. The fraction of sp³-hybridized carbons (Fsp3) is 0.562. The maximum absolute atomic E-state index is 5.36. The zero-order valence-electron chi connectivity index (χ0n) is 14.1. The summed E-state index contributed by atoms with van der Waals surface area (Å²) in [4.78, 5) is 9.23. The normalized spacial score (nSPS) is 22.0. The minimum atomic E-state index is 0.352. The number of piperazine rings is 1. The molecule has 1 aliphatic heterocycles. The van der Waals surface area contributed by atoms with Gasteiger partial charge in [0.15, 0.2) is 11.5 Å². The zero-order valence-corrected chi connectivity index (χ0v) is 14.1. The van der Waals surface area contributed by atoms with Crippen LogP contribution >= 0.6 is 0 Å². The highest BCUT2D eigenvalue weighted by Gasteiger charge is 2.30. The van der Waals surface area contributed by atoms with Gasteiger partial charge in [-0.25, -0.2) is 0 Å². The Labute approximate surface area is 144 Å². The van der Waals surface area contributed by atoms with Crippen molar-refractivity contribution in [2.75, 3.05) is 24.5 Å². The third kappa shape index (κ3) is 2.84. The molecule has 0 aromatic carbocycles. The summed E-state index contributed by atoms with van der Waals surface area (Å²) in [5.74, 6) is 3.07. The maximum Gasteiger partial charge on any atom is 0.229 e. The Morgan fingerprint density at radius 1 is 1.24 bits per heavy atom. The minimum Gasteiger partial charge on any atom is -0.350 e. The Hall–Kier alpha value is -2.55. The summed E-state index contributed by atoms with van der Waals surface area (Å²) < 4.78 is 7.07. The Bertz CT molecular complexity index is 885. The van der Waals surface area contributed by atoms with Gasteiger partial charge >= 0.3 is 0 Å². The average Bonchev–Trinajstić information content (AvgIpc) is 3.17. The second-order valence-electron chi connectivity index (χ2n) is 6.93. The molecule has 4 heterocycles. The van der Waals surface area contributed by atoms with Crippen molar-refractivity contribution in [3.63, 3.8) is 0 Å². The lowest BCUT2D eigenvalue weighted by molar-refractivity contribution is 0.212. The van der Waals surface area contributed by atoms with Crippen LogP contribution < -0.4 is 4.90 Å². The molecule has 3 aromatic heterocycles. The lowest BCUT2D eigenvalue weighted by Crippen LogP contribution is -2.52. The van der Waals surface area contributed by atoms with Crippen LogP contribution in [0.5, 0.6) is 0 Å². The number of fused-ring (bicyclic) bond motifs is 1. The number of aromatic nitrogens is 6. The second-order valence-corrected chi connectivity index (χ2v) is 6.93. The smallest absolute Gasteiger partial charge is 0.229 e. The van der Waals surface area contributed by atoms with E-state index in [1.165, 1.54) is 12.8 Å². The Morgan fingerprint density at radius 2 is 2.16 bits per heavy atom. The molecule has 1 atom stereocenters. The maximum atomic E-state index is 5.36. The monoisotopic (exact) mass is 340 g/mol. The van der Waals surface area contributed by atoms with Crippen molar-refractivity contribution in [2.45, 2.75) is 38.3 Å². The molecule has 2 fully saturated rings. The van der Waals surface area contributed by atoms with Gasteiger partial charge in [-0.1, -0.05) is 5.16 Å². The van der Waals surface area contributed by atoms with E-state index in [4.69, 9.17) is 4.52 Å². The lowest BCUT2D eigenvalue weighted by atomic mass is 10.2. The molecule has 9 heteroatoms. The van der Waals surface area contributed by atoms with Crippen molar-refractivity contribution in [1.29, 1.82) is 0 Å². The SMILES string of the molecule is CC1CN(Cc2noc(C3CC3)n2)CCN1c1ccc2nncn2n1. The molecule has 5 rings (SSSR count). The van der Waals surface area contributed by atoms with Gasteiger partial charge in [0.25, 0.3) is 0 Å². The standard InChI is InChI=1S/C16H20N8O/c1-11-8-22(9-13-18-16(25-21-13)12-2-3-12)6-7-23(11)15-5-4-14-19-17-10-24(14)20-15/h4-5,10-12H,2-3,6-9H2,1H3. The minimum absolute atomic E-state index is 0.352. The van der Waals surface area contributed by atoms with Crippen LogP contribution in [-0.2, 0) is 6.54 Å². The van der Waals surface area contributed by atoms with Crippen molar-refractivity contribution < 1.29 is 4.52 Å². The number of anilines is 1. The predicted molar refractivity (Wildman–Crippen MR) is 89.1 cm³/mol. The van der Waals surface area contributed by atoms with Gasteiger partial charge in [-0.2, -0.15) is 9.50 Å². The Morgan fingerprint density at radius 3 is 3.00 bits per heavy atom. The topological polar surface area (TPSA) is 88.5 Å². The Kier molecular flexibility index (Phi) is 3.40. The van der Waals surface area contributed by atoms with E-state index in [0.717, 1.165) is 49.4 Å². The van der Waals surface area contributed by atoms with E-state index in [2.05, 4.69) is 42.2 Å². The van der Waals surface area contributed by atoms with Crippen LogP contribution in [-0.4, -0.2) is 60.5 Å². The molecule has 25 heavy (non-hydrogen) atoms. The van der Waals surface area contributed by atoms with Crippen molar-refractivity contribution in [3.8, 4) is 0 Å². The van der Waals surface area contributed by atoms with Gasteiger partial charge < -0.3 is 9.42 Å². The molecule has 1 saturated carbocycles. The van der Waals surface area contributed by atoms with Crippen LogP contribution in [0.1, 0.15) is 37.4 Å². The highest BCUT2D eigenvalue weighted by Crippen LogP contribution is 2.38. The van der Waals surface area contributed by atoms with Crippen LogP contribution in [0.15, 0.2) is 23.0 Å². The molecule has 9 nitrogen and oxygen atoms in total. The van der Waals surface area contributed by atoms with Crippen LogP contribution in [0.25, 0.3) is 5.65 Å². The number of nitrogens with zero attached hydrogens (tertiary/aromatic N) is 8. The third-order valence-corrected chi connectivity index (χ3v) is 4.93. The zero-order chi connectivity index (χ0) is 16.8. The number of rotatable bonds is 4. The number of hydrogen-bond acceptors (Lipinski definition) is 8. The van der Waals surface area contributed by atoms with Gasteiger partial charge in [0.1, 0.15) is 12.1 Å². The van der Waals surface area contributed by atoms with Gasteiger partial charge in [-0.15, -0.1) is 15.3 Å². The summed E-state index contributed by atoms with van der Waals surface area (Å²) in [6, 6.07) is 4.31. The van der Waals surface area contributed by atoms with Crippen molar-refractivity contribution >= 4 is 11.5 Å². The van der Waals surface area contributed by atoms with Crippen molar-refractivity contribution in [3.05, 3.63) is 30.2 Å². The van der Waals surface area contributed by atoms with Crippen LogP contribution in [0.3, 0.4) is 0 Å². The molecule has 0 bridgehead atoms. The van der Waals surface area contributed by atoms with Crippen molar-refractivity contribution in [2.24, 2.45) is 0 Å². The molecule has 0 radical (unpaired) electrons. The highest BCUT2D eigenvalue weighted by molar-refractivity contribution is 5.46. The first kappa shape index (κ1) is 14.8. The second kappa shape index (κ2) is 5.76. The van der Waals surface area contributed by atoms with Gasteiger partial charge in [-0.05, 0) is 31.9 Å². The quantitative estimate of drug-likeness (QED) is 0.697. The predicted octanol–water partition coefficient (Wildman–Crippen LogP) is 1.10. The average molecular weight is 340 g/mol. The molecular weight excluding hydrogens is 320 g/mol. The molecule has 130 valence electrons. The molecular formula is C16H20N8O. The van der Waals surface area contributed by atoms with Crippen LogP contribution in [0.2, 0.25) is 0 Å². The fourth-order valence-corrected chi connectivity index (χ4v) is 3.42. The Balaban J connectivity index is 1.26. The van der Waals surface area contributed by atoms with Gasteiger partial charge in [0.05, 0.1) is 6.54 Å². The molecule has 1 aliphatic carbocycles. The van der Waals surface area contributed by atoms with E-state index in [0.29, 0.717) is 12.0 Å². The fourth-order valence-electron chi connectivity index (χ4n) is 3.42. The summed E-state index contributed by atoms with van der Waals surface area (Å²) in [6.45, 7) is 5.76. The highest BCUT2D eigenvalue weighted by atomic mass is 16.5. The van der Waals surface area contributed by atoms with E-state index in [1.807, 2.05) is 12.1 Å². The van der Waals surface area contributed by atoms with E-state index >= 15 is 0 Å². The molecule has 2 aliphatic rings. The van der Waals surface area contributed by atoms with E-state index < -0.39 is 0 Å². The molecule has 3 aromatic rings. The largest absolute Gasteiger partial charge is 0.350 e. The first-order chi connectivity index (χ1) is 12.3. The third-order valence-electron chi connectivity index (χ3n) is 4.93. The summed E-state index contributed by atoms with van der Waals surface area (Å²) in [5.41, 5.74) is 0.763. The summed E-state index contributed by atoms with van der Waals surface area (Å²) >= 11 is 0. The molecule has 1 saturated heterocycles. The summed E-state index contributed by atoms with van der Waals surface area (Å²) in [7, 11) is 0. The summed E-state index contributed by atoms with van der Waals surface area (Å²) in [6.07, 6.45) is 4.00. The molecule has 0 amide bonds. The summed E-state index contributed by atoms with van der Waals surface area (Å²) in [5, 5.41) is 16.6. The van der Waals surface area contributed by atoms with Gasteiger partial charge in [0, 0.05) is 31.6 Å². The number of hydrogen-bond donors (Lipinski definition) is 0. The van der Waals surface area contributed by atoms with Gasteiger partial charge in [0.2, 0.25) is 5.89 Å². The molecule has 0 spiro atoms. The van der Waals surface area contributed by atoms with Crippen molar-refractivity contribution in [1.82, 2.24) is 34.9 Å².